The molecule has 5 atom stereocenters. The third kappa shape index (κ3) is 3.49. The Balaban J connectivity index is 4.22. The van der Waals surface area contributed by atoms with Crippen molar-refractivity contribution < 1.29 is 30.3 Å². The van der Waals surface area contributed by atoms with Crippen molar-refractivity contribution in [3.63, 3.8) is 0 Å². The third-order valence-electron chi connectivity index (χ3n) is 2.10. The summed E-state index contributed by atoms with van der Waals surface area (Å²) in [6.45, 7) is 1.17. The summed E-state index contributed by atoms with van der Waals surface area (Å²) < 4.78 is 4.37. The quantitative estimate of drug-likeness (QED) is 0.314. The molecule has 0 radical (unpaired) electrons. The Morgan fingerprint density at radius 3 is 1.86 bits per heavy atom. The van der Waals surface area contributed by atoms with Crippen LogP contribution in [0.2, 0.25) is 0 Å². The summed E-state index contributed by atoms with van der Waals surface area (Å²) >= 11 is 0. The van der Waals surface area contributed by atoms with E-state index in [0.717, 1.165) is 7.11 Å². The van der Waals surface area contributed by atoms with Crippen LogP contribution in [-0.4, -0.2) is 63.9 Å². The van der Waals surface area contributed by atoms with Gasteiger partial charge in [-0.25, -0.2) is 0 Å². The van der Waals surface area contributed by atoms with Crippen LogP contribution in [0.3, 0.4) is 0 Å². The molecule has 0 aliphatic carbocycles. The van der Waals surface area contributed by atoms with E-state index >= 15 is 0 Å². The van der Waals surface area contributed by atoms with Gasteiger partial charge in [-0.1, -0.05) is 6.92 Å². The first-order chi connectivity index (χ1) is 6.45. The van der Waals surface area contributed by atoms with E-state index in [4.69, 9.17) is 10.2 Å². The lowest BCUT2D eigenvalue weighted by Gasteiger charge is -2.28. The molecule has 6 heteroatoms. The zero-order valence-corrected chi connectivity index (χ0v) is 8.24. The topological polar surface area (TPSA) is 110 Å². The molecule has 0 aromatic rings. The first kappa shape index (κ1) is 13.8. The average molecular weight is 210 g/mol. The van der Waals surface area contributed by atoms with E-state index in [2.05, 4.69) is 4.74 Å². The van der Waals surface area contributed by atoms with Gasteiger partial charge in [0.25, 0.3) is 0 Å². The SMILES string of the molecule is CO[C@H](O)C(O)C(O)[C@H](O)C(C)CO. The van der Waals surface area contributed by atoms with Crippen LogP contribution < -0.4 is 0 Å². The van der Waals surface area contributed by atoms with Crippen molar-refractivity contribution in [3.8, 4) is 0 Å². The summed E-state index contributed by atoms with van der Waals surface area (Å²) in [7, 11) is 1.16. The molecular weight excluding hydrogens is 192 g/mol. The summed E-state index contributed by atoms with van der Waals surface area (Å²) in [5, 5.41) is 45.6. The van der Waals surface area contributed by atoms with Gasteiger partial charge in [-0.2, -0.15) is 0 Å². The average Bonchev–Trinajstić information content (AvgIpc) is 2.23. The molecule has 3 unspecified atom stereocenters. The van der Waals surface area contributed by atoms with E-state index in [1.165, 1.54) is 6.92 Å². The van der Waals surface area contributed by atoms with Crippen LogP contribution in [0.5, 0.6) is 0 Å². The van der Waals surface area contributed by atoms with E-state index in [-0.39, 0.29) is 6.61 Å². The van der Waals surface area contributed by atoms with Gasteiger partial charge in [0, 0.05) is 19.6 Å². The first-order valence-corrected chi connectivity index (χ1v) is 4.31. The van der Waals surface area contributed by atoms with Crippen molar-refractivity contribution in [1.82, 2.24) is 0 Å². The molecule has 0 spiro atoms. The first-order valence-electron chi connectivity index (χ1n) is 4.31. The zero-order chi connectivity index (χ0) is 11.3. The van der Waals surface area contributed by atoms with Gasteiger partial charge in [-0.15, -0.1) is 0 Å². The molecule has 0 aliphatic rings. The van der Waals surface area contributed by atoms with Gasteiger partial charge >= 0.3 is 0 Å². The smallest absolute Gasteiger partial charge is 0.183 e. The van der Waals surface area contributed by atoms with Gasteiger partial charge in [-0.05, 0) is 0 Å². The second kappa shape index (κ2) is 6.28. The molecule has 14 heavy (non-hydrogen) atoms. The van der Waals surface area contributed by atoms with E-state index in [0.29, 0.717) is 0 Å². The lowest BCUT2D eigenvalue weighted by atomic mass is 9.97. The Hall–Kier alpha value is -0.240. The molecule has 0 heterocycles. The standard InChI is InChI=1S/C8H18O6/c1-4(3-9)5(10)6(11)7(12)8(13)14-2/h4-13H,3H2,1-2H3/t4?,5-,6?,7?,8+/m1/s1. The van der Waals surface area contributed by atoms with Gasteiger partial charge in [0.15, 0.2) is 6.29 Å². The minimum absolute atomic E-state index is 0.325. The highest BCUT2D eigenvalue weighted by Gasteiger charge is 2.32. The normalized spacial score (nSPS) is 22.5. The fraction of sp³-hybridized carbons (Fsp3) is 1.00. The number of aliphatic hydroxyl groups is 5. The van der Waals surface area contributed by atoms with Gasteiger partial charge < -0.3 is 30.3 Å². The molecule has 0 rings (SSSR count). The number of methoxy groups -OCH3 is 1. The number of ether oxygens (including phenoxy) is 1. The Kier molecular flexibility index (Phi) is 6.17. The lowest BCUT2D eigenvalue weighted by Crippen LogP contribution is -2.47. The molecule has 5 N–H and O–H groups in total. The minimum Gasteiger partial charge on any atom is -0.396 e. The van der Waals surface area contributed by atoms with Crippen LogP contribution in [0.15, 0.2) is 0 Å². The Morgan fingerprint density at radius 2 is 1.50 bits per heavy atom. The predicted octanol–water partition coefficient (Wildman–Crippen LogP) is -2.34. The Labute approximate surface area is 82.4 Å². The van der Waals surface area contributed by atoms with E-state index in [1.54, 1.807) is 0 Å². The van der Waals surface area contributed by atoms with Gasteiger partial charge in [0.1, 0.15) is 12.2 Å². The van der Waals surface area contributed by atoms with Crippen LogP contribution in [0.1, 0.15) is 6.92 Å². The molecule has 0 saturated heterocycles. The highest BCUT2D eigenvalue weighted by molar-refractivity contribution is 4.80. The Morgan fingerprint density at radius 1 is 1.00 bits per heavy atom. The summed E-state index contributed by atoms with van der Waals surface area (Å²) in [6, 6.07) is 0. The van der Waals surface area contributed by atoms with Crippen molar-refractivity contribution in [2.45, 2.75) is 31.5 Å². The van der Waals surface area contributed by atoms with Crippen molar-refractivity contribution in [3.05, 3.63) is 0 Å². The molecule has 0 aromatic carbocycles. The molecule has 0 aliphatic heterocycles. The van der Waals surface area contributed by atoms with E-state index in [1.807, 2.05) is 0 Å². The monoisotopic (exact) mass is 210 g/mol. The summed E-state index contributed by atoms with van der Waals surface area (Å²) in [4.78, 5) is 0. The molecular formula is C8H18O6. The maximum atomic E-state index is 9.36. The van der Waals surface area contributed by atoms with Crippen LogP contribution in [0.25, 0.3) is 0 Å². The Bertz CT molecular complexity index is 137. The fourth-order valence-corrected chi connectivity index (χ4v) is 0.955. The maximum Gasteiger partial charge on any atom is 0.183 e. The number of hydrogen-bond acceptors (Lipinski definition) is 6. The number of aliphatic hydroxyl groups excluding tert-OH is 5. The van der Waals surface area contributed by atoms with E-state index in [9.17, 15) is 15.3 Å². The van der Waals surface area contributed by atoms with Gasteiger partial charge in [-0.3, -0.25) is 0 Å². The molecule has 6 nitrogen and oxygen atoms in total. The van der Waals surface area contributed by atoms with Crippen molar-refractivity contribution in [2.75, 3.05) is 13.7 Å². The minimum atomic E-state index is -1.61. The van der Waals surface area contributed by atoms with Gasteiger partial charge in [0.2, 0.25) is 0 Å². The lowest BCUT2D eigenvalue weighted by molar-refractivity contribution is -0.196. The predicted molar refractivity (Wildman–Crippen MR) is 47.3 cm³/mol. The van der Waals surface area contributed by atoms with Crippen LogP contribution in [-0.2, 0) is 4.74 Å². The number of hydrogen-bond donors (Lipinski definition) is 5. The molecule has 0 bridgehead atoms. The number of rotatable bonds is 6. The molecule has 0 saturated carbocycles. The van der Waals surface area contributed by atoms with Crippen LogP contribution in [0, 0.1) is 5.92 Å². The summed E-state index contributed by atoms with van der Waals surface area (Å²) in [6.07, 6.45) is -6.05. The van der Waals surface area contributed by atoms with Crippen molar-refractivity contribution in [2.24, 2.45) is 5.92 Å². The molecule has 0 amide bonds. The third-order valence-corrected chi connectivity index (χ3v) is 2.10. The summed E-state index contributed by atoms with van der Waals surface area (Å²) in [5.74, 6) is -0.594. The molecule has 86 valence electrons. The highest BCUT2D eigenvalue weighted by Crippen LogP contribution is 2.12. The zero-order valence-electron chi connectivity index (χ0n) is 8.24. The van der Waals surface area contributed by atoms with E-state index < -0.39 is 30.5 Å². The molecule has 0 fully saturated rings. The second-order valence-electron chi connectivity index (χ2n) is 3.26. The van der Waals surface area contributed by atoms with Crippen molar-refractivity contribution in [1.29, 1.82) is 0 Å². The molecule has 0 aromatic heterocycles. The fourth-order valence-electron chi connectivity index (χ4n) is 0.955. The highest BCUT2D eigenvalue weighted by atomic mass is 16.6. The van der Waals surface area contributed by atoms with Crippen molar-refractivity contribution >= 4 is 0 Å². The van der Waals surface area contributed by atoms with Gasteiger partial charge in [0.05, 0.1) is 6.10 Å². The maximum absolute atomic E-state index is 9.36. The second-order valence-corrected chi connectivity index (χ2v) is 3.26. The largest absolute Gasteiger partial charge is 0.396 e. The van der Waals surface area contributed by atoms with Crippen LogP contribution >= 0.6 is 0 Å². The summed E-state index contributed by atoms with van der Waals surface area (Å²) in [5.41, 5.74) is 0. The van der Waals surface area contributed by atoms with Crippen LogP contribution in [0.4, 0.5) is 0 Å².